The number of carbonyl (C=O) groups is 1. The van der Waals surface area contributed by atoms with Gasteiger partial charge in [0.25, 0.3) is 0 Å². The summed E-state index contributed by atoms with van der Waals surface area (Å²) in [6.07, 6.45) is 0.207. The molecule has 0 fully saturated rings. The Morgan fingerprint density at radius 2 is 1.57 bits per heavy atom. The zero-order valence-corrected chi connectivity index (χ0v) is 22.0. The van der Waals surface area contributed by atoms with Crippen LogP contribution in [0.15, 0.2) is 65.6 Å². The second-order valence-corrected chi connectivity index (χ2v) is 10.7. The largest absolute Gasteiger partial charge is 0.495 e. The molecule has 0 saturated carbocycles. The Kier molecular flexibility index (Phi) is 8.35. The standard InChI is InChI=1S/C28H34N2O4S/c1-18-12-13-26(34-6)27(14-18)35(32,33)30-25(17-23-10-8-7-9-11-23)28(31)29-22(5)24-16-20(3)19(2)15-21(24)4/h7-16,22,25,30H,17H2,1-6H3,(H,29,31). The zero-order valence-electron chi connectivity index (χ0n) is 21.2. The van der Waals surface area contributed by atoms with Crippen molar-refractivity contribution in [1.29, 1.82) is 0 Å². The lowest BCUT2D eigenvalue weighted by atomic mass is 9.96. The minimum absolute atomic E-state index is 0.00362. The molecule has 0 spiro atoms. The highest BCUT2D eigenvalue weighted by Gasteiger charge is 2.29. The Labute approximate surface area is 208 Å². The van der Waals surface area contributed by atoms with Gasteiger partial charge in [-0.15, -0.1) is 0 Å². The second kappa shape index (κ2) is 11.1. The highest BCUT2D eigenvalue weighted by molar-refractivity contribution is 7.89. The maximum atomic E-state index is 13.5. The third-order valence-corrected chi connectivity index (χ3v) is 7.71. The smallest absolute Gasteiger partial charge is 0.244 e. The van der Waals surface area contributed by atoms with Crippen molar-refractivity contribution in [2.45, 2.75) is 58.0 Å². The van der Waals surface area contributed by atoms with Crippen LogP contribution in [0.4, 0.5) is 0 Å². The van der Waals surface area contributed by atoms with Crippen LogP contribution in [0, 0.1) is 27.7 Å². The third-order valence-electron chi connectivity index (χ3n) is 6.21. The molecule has 0 heterocycles. The van der Waals surface area contributed by atoms with Crippen molar-refractivity contribution in [3.05, 3.63) is 94.0 Å². The van der Waals surface area contributed by atoms with Gasteiger partial charge in [0.2, 0.25) is 15.9 Å². The highest BCUT2D eigenvalue weighted by Crippen LogP contribution is 2.26. The number of aryl methyl sites for hydroxylation is 4. The predicted molar refractivity (Wildman–Crippen MR) is 139 cm³/mol. The number of ether oxygens (including phenoxy) is 1. The van der Waals surface area contributed by atoms with E-state index in [9.17, 15) is 13.2 Å². The van der Waals surface area contributed by atoms with Crippen molar-refractivity contribution in [3.8, 4) is 5.75 Å². The van der Waals surface area contributed by atoms with Crippen molar-refractivity contribution < 1.29 is 17.9 Å². The summed E-state index contributed by atoms with van der Waals surface area (Å²) in [6.45, 7) is 9.82. The fourth-order valence-corrected chi connectivity index (χ4v) is 5.57. The first-order chi connectivity index (χ1) is 16.5. The van der Waals surface area contributed by atoms with E-state index in [4.69, 9.17) is 4.74 Å². The van der Waals surface area contributed by atoms with Crippen LogP contribution in [-0.4, -0.2) is 27.5 Å². The van der Waals surface area contributed by atoms with Gasteiger partial charge in [-0.1, -0.05) is 48.5 Å². The number of benzene rings is 3. The maximum absolute atomic E-state index is 13.5. The Balaban J connectivity index is 1.92. The van der Waals surface area contributed by atoms with E-state index < -0.39 is 22.0 Å². The van der Waals surface area contributed by atoms with Crippen LogP contribution in [0.1, 0.15) is 46.3 Å². The molecule has 3 rings (SSSR count). The Morgan fingerprint density at radius 3 is 2.23 bits per heavy atom. The van der Waals surface area contributed by atoms with E-state index in [2.05, 4.69) is 29.1 Å². The fraction of sp³-hybridized carbons (Fsp3) is 0.321. The number of hydrogen-bond acceptors (Lipinski definition) is 4. The van der Waals surface area contributed by atoms with Gasteiger partial charge in [-0.25, -0.2) is 8.42 Å². The van der Waals surface area contributed by atoms with E-state index >= 15 is 0 Å². The van der Waals surface area contributed by atoms with E-state index in [0.717, 1.165) is 27.8 Å². The molecule has 0 aliphatic heterocycles. The van der Waals surface area contributed by atoms with Crippen LogP contribution in [0.25, 0.3) is 0 Å². The summed E-state index contributed by atoms with van der Waals surface area (Å²) >= 11 is 0. The third kappa shape index (κ3) is 6.50. The molecule has 2 unspecified atom stereocenters. The molecular formula is C28H34N2O4S. The lowest BCUT2D eigenvalue weighted by molar-refractivity contribution is -0.123. The monoisotopic (exact) mass is 494 g/mol. The van der Waals surface area contributed by atoms with Crippen molar-refractivity contribution in [2.24, 2.45) is 0 Å². The molecule has 3 aromatic rings. The lowest BCUT2D eigenvalue weighted by Gasteiger charge is -2.23. The molecule has 186 valence electrons. The van der Waals surface area contributed by atoms with Gasteiger partial charge in [-0.05, 0) is 86.6 Å². The van der Waals surface area contributed by atoms with Crippen LogP contribution < -0.4 is 14.8 Å². The van der Waals surface area contributed by atoms with E-state index in [1.165, 1.54) is 12.7 Å². The van der Waals surface area contributed by atoms with Gasteiger partial charge in [0, 0.05) is 0 Å². The Hall–Kier alpha value is -3.16. The SMILES string of the molecule is COc1ccc(C)cc1S(=O)(=O)NC(Cc1ccccc1)C(=O)NC(C)c1cc(C)c(C)cc1C. The number of nitrogens with one attached hydrogen (secondary N) is 2. The number of sulfonamides is 1. The average molecular weight is 495 g/mol. The van der Waals surface area contributed by atoms with E-state index in [0.29, 0.717) is 0 Å². The van der Waals surface area contributed by atoms with Crippen LogP contribution in [0.3, 0.4) is 0 Å². The minimum atomic E-state index is -4.05. The molecule has 35 heavy (non-hydrogen) atoms. The van der Waals surface area contributed by atoms with Crippen molar-refractivity contribution in [3.63, 3.8) is 0 Å². The van der Waals surface area contributed by atoms with Gasteiger partial charge in [0.1, 0.15) is 16.7 Å². The lowest BCUT2D eigenvalue weighted by Crippen LogP contribution is -2.48. The van der Waals surface area contributed by atoms with Crippen LogP contribution >= 0.6 is 0 Å². The summed E-state index contributed by atoms with van der Waals surface area (Å²) in [7, 11) is -2.62. The topological polar surface area (TPSA) is 84.5 Å². The summed E-state index contributed by atoms with van der Waals surface area (Å²) < 4.78 is 34.7. The second-order valence-electron chi connectivity index (χ2n) is 9.04. The summed E-state index contributed by atoms with van der Waals surface area (Å²) in [6, 6.07) is 17.2. The van der Waals surface area contributed by atoms with Gasteiger partial charge >= 0.3 is 0 Å². The number of rotatable bonds is 9. The van der Waals surface area contributed by atoms with Crippen LogP contribution in [-0.2, 0) is 21.2 Å². The molecule has 2 N–H and O–H groups in total. The van der Waals surface area contributed by atoms with E-state index in [-0.39, 0.29) is 23.1 Å². The number of methoxy groups -OCH3 is 1. The van der Waals surface area contributed by atoms with E-state index in [1.54, 1.807) is 25.1 Å². The molecule has 0 bridgehead atoms. The Morgan fingerprint density at radius 1 is 0.914 bits per heavy atom. The maximum Gasteiger partial charge on any atom is 0.244 e. The van der Waals surface area contributed by atoms with Crippen LogP contribution in [0.2, 0.25) is 0 Å². The van der Waals surface area contributed by atoms with Gasteiger partial charge < -0.3 is 10.1 Å². The van der Waals surface area contributed by atoms with Gasteiger partial charge in [-0.3, -0.25) is 4.79 Å². The molecule has 1 amide bonds. The van der Waals surface area contributed by atoms with Gasteiger partial charge in [0.15, 0.2) is 0 Å². The average Bonchev–Trinajstić information content (AvgIpc) is 2.81. The number of hydrogen-bond donors (Lipinski definition) is 2. The molecular weight excluding hydrogens is 460 g/mol. The Bertz CT molecular complexity index is 1300. The summed E-state index contributed by atoms with van der Waals surface area (Å²) in [5.41, 5.74) is 6.02. The summed E-state index contributed by atoms with van der Waals surface area (Å²) in [5.74, 6) is -0.171. The zero-order chi connectivity index (χ0) is 25.8. The van der Waals surface area contributed by atoms with E-state index in [1.807, 2.05) is 51.1 Å². The van der Waals surface area contributed by atoms with Crippen molar-refractivity contribution in [1.82, 2.24) is 10.0 Å². The molecule has 0 aliphatic rings. The molecule has 2 atom stereocenters. The number of amides is 1. The first-order valence-corrected chi connectivity index (χ1v) is 13.1. The minimum Gasteiger partial charge on any atom is -0.495 e. The molecule has 0 aliphatic carbocycles. The van der Waals surface area contributed by atoms with Crippen molar-refractivity contribution in [2.75, 3.05) is 7.11 Å². The molecule has 6 nitrogen and oxygen atoms in total. The van der Waals surface area contributed by atoms with Gasteiger partial charge in [-0.2, -0.15) is 4.72 Å². The normalized spacial score (nSPS) is 13.2. The molecule has 0 aromatic heterocycles. The summed E-state index contributed by atoms with van der Waals surface area (Å²) in [4.78, 5) is 13.5. The summed E-state index contributed by atoms with van der Waals surface area (Å²) in [5, 5.41) is 3.02. The molecule has 0 saturated heterocycles. The van der Waals surface area contributed by atoms with Gasteiger partial charge in [0.05, 0.1) is 13.2 Å². The first kappa shape index (κ1) is 26.4. The molecule has 0 radical (unpaired) electrons. The first-order valence-electron chi connectivity index (χ1n) is 11.6. The van der Waals surface area contributed by atoms with Crippen LogP contribution in [0.5, 0.6) is 5.75 Å². The highest BCUT2D eigenvalue weighted by atomic mass is 32.2. The quantitative estimate of drug-likeness (QED) is 0.452. The molecule has 3 aromatic carbocycles. The molecule has 7 heteroatoms. The fourth-order valence-electron chi connectivity index (χ4n) is 4.12. The van der Waals surface area contributed by atoms with Crippen molar-refractivity contribution >= 4 is 15.9 Å². The predicted octanol–water partition coefficient (Wildman–Crippen LogP) is 4.70. The number of carbonyl (C=O) groups excluding carboxylic acids is 1.